The first-order chi connectivity index (χ1) is 12.2. The maximum atomic E-state index is 12.7. The first-order valence-electron chi connectivity index (χ1n) is 9.25. The van der Waals surface area contributed by atoms with Gasteiger partial charge in [-0.1, -0.05) is 0 Å². The van der Waals surface area contributed by atoms with Gasteiger partial charge >= 0.3 is 0 Å². The summed E-state index contributed by atoms with van der Waals surface area (Å²) in [4.78, 5) is 27.7. The molecule has 4 heterocycles. The maximum absolute atomic E-state index is 12.7. The van der Waals surface area contributed by atoms with Crippen molar-refractivity contribution in [2.45, 2.75) is 6.42 Å². The number of aromatic nitrogens is 2. The smallest absolute Gasteiger partial charge is 0.223 e. The first kappa shape index (κ1) is 16.7. The molecule has 0 saturated carbocycles. The molecule has 3 aliphatic heterocycles. The summed E-state index contributed by atoms with van der Waals surface area (Å²) in [6.07, 6.45) is 4.00. The SMILES string of the molecule is CN1CCN(C(=O)C[C@@H]2COC[C@H]3CN(c4ccncn4)C[C@@H]23)CC1. The minimum Gasteiger partial charge on any atom is -0.381 e. The Kier molecular flexibility index (Phi) is 4.85. The Balaban J connectivity index is 1.38. The second-order valence-electron chi connectivity index (χ2n) is 7.58. The van der Waals surface area contributed by atoms with E-state index in [1.165, 1.54) is 0 Å². The Bertz CT molecular complexity index is 590. The largest absolute Gasteiger partial charge is 0.381 e. The average Bonchev–Trinajstić information content (AvgIpc) is 3.08. The molecule has 4 rings (SSSR count). The van der Waals surface area contributed by atoms with Gasteiger partial charge in [-0.25, -0.2) is 9.97 Å². The Morgan fingerprint density at radius 2 is 2.08 bits per heavy atom. The van der Waals surface area contributed by atoms with Crippen LogP contribution in [-0.2, 0) is 9.53 Å². The minimum atomic E-state index is 0.294. The van der Waals surface area contributed by atoms with Crippen molar-refractivity contribution in [3.8, 4) is 0 Å². The van der Waals surface area contributed by atoms with Gasteiger partial charge in [-0.3, -0.25) is 4.79 Å². The molecule has 1 amide bonds. The summed E-state index contributed by atoms with van der Waals surface area (Å²) in [7, 11) is 2.11. The Morgan fingerprint density at radius 1 is 1.24 bits per heavy atom. The molecule has 7 heteroatoms. The summed E-state index contributed by atoms with van der Waals surface area (Å²) < 4.78 is 5.85. The molecule has 1 aromatic rings. The van der Waals surface area contributed by atoms with Crippen LogP contribution in [0.4, 0.5) is 5.82 Å². The van der Waals surface area contributed by atoms with Crippen LogP contribution in [0.15, 0.2) is 18.6 Å². The zero-order valence-corrected chi connectivity index (χ0v) is 14.9. The van der Waals surface area contributed by atoms with Crippen molar-refractivity contribution in [2.75, 3.05) is 64.4 Å². The number of fused-ring (bicyclic) bond motifs is 1. The molecule has 0 radical (unpaired) electrons. The molecule has 0 aromatic carbocycles. The number of ether oxygens (including phenoxy) is 1. The number of hydrogen-bond acceptors (Lipinski definition) is 6. The molecule has 3 saturated heterocycles. The van der Waals surface area contributed by atoms with Crippen molar-refractivity contribution in [1.82, 2.24) is 19.8 Å². The van der Waals surface area contributed by atoms with Gasteiger partial charge in [-0.2, -0.15) is 0 Å². The Labute approximate surface area is 149 Å². The van der Waals surface area contributed by atoms with Crippen molar-refractivity contribution >= 4 is 11.7 Å². The fraction of sp³-hybridized carbons (Fsp3) is 0.722. The lowest BCUT2D eigenvalue weighted by Gasteiger charge is -2.36. The van der Waals surface area contributed by atoms with Gasteiger partial charge < -0.3 is 19.4 Å². The van der Waals surface area contributed by atoms with Crippen LogP contribution in [0.5, 0.6) is 0 Å². The monoisotopic (exact) mass is 345 g/mol. The van der Waals surface area contributed by atoms with Crippen LogP contribution in [0.2, 0.25) is 0 Å². The maximum Gasteiger partial charge on any atom is 0.223 e. The number of anilines is 1. The predicted octanol–water partition coefficient (Wildman–Crippen LogP) is 0.340. The summed E-state index contributed by atoms with van der Waals surface area (Å²) in [6.45, 7) is 7.07. The number of carbonyl (C=O) groups is 1. The molecule has 3 fully saturated rings. The van der Waals surface area contributed by atoms with Gasteiger partial charge in [0.05, 0.1) is 13.2 Å². The molecule has 0 spiro atoms. The average molecular weight is 345 g/mol. The van der Waals surface area contributed by atoms with E-state index >= 15 is 0 Å². The molecule has 0 aliphatic carbocycles. The van der Waals surface area contributed by atoms with Crippen LogP contribution in [0.25, 0.3) is 0 Å². The van der Waals surface area contributed by atoms with Crippen LogP contribution in [-0.4, -0.2) is 85.2 Å². The van der Waals surface area contributed by atoms with Gasteiger partial charge in [0.25, 0.3) is 0 Å². The number of amides is 1. The molecule has 7 nitrogen and oxygen atoms in total. The van der Waals surface area contributed by atoms with Crippen molar-refractivity contribution in [3.05, 3.63) is 18.6 Å². The number of rotatable bonds is 3. The van der Waals surface area contributed by atoms with Crippen LogP contribution < -0.4 is 4.90 Å². The molecule has 0 unspecified atom stereocenters. The highest BCUT2D eigenvalue weighted by molar-refractivity contribution is 5.76. The van der Waals surface area contributed by atoms with Gasteiger partial charge in [0.2, 0.25) is 5.91 Å². The summed E-state index contributed by atoms with van der Waals surface area (Å²) in [5, 5.41) is 0. The third-order valence-electron chi connectivity index (χ3n) is 5.94. The number of carbonyl (C=O) groups excluding carboxylic acids is 1. The number of hydrogen-bond donors (Lipinski definition) is 0. The molecule has 0 bridgehead atoms. The molecule has 136 valence electrons. The molecule has 3 atom stereocenters. The molecular formula is C18H27N5O2. The lowest BCUT2D eigenvalue weighted by molar-refractivity contribution is -0.136. The second-order valence-corrected chi connectivity index (χ2v) is 7.58. The topological polar surface area (TPSA) is 61.8 Å². The first-order valence-corrected chi connectivity index (χ1v) is 9.25. The van der Waals surface area contributed by atoms with Crippen LogP contribution in [0.1, 0.15) is 6.42 Å². The van der Waals surface area contributed by atoms with E-state index in [1.54, 1.807) is 12.5 Å². The highest BCUT2D eigenvalue weighted by atomic mass is 16.5. The predicted molar refractivity (Wildman–Crippen MR) is 94.2 cm³/mol. The minimum absolute atomic E-state index is 0.294. The van der Waals surface area contributed by atoms with E-state index in [4.69, 9.17) is 4.74 Å². The molecule has 1 aromatic heterocycles. The third kappa shape index (κ3) is 3.62. The quantitative estimate of drug-likeness (QED) is 0.787. The molecule has 3 aliphatic rings. The van der Waals surface area contributed by atoms with Crippen LogP contribution in [0.3, 0.4) is 0 Å². The lowest BCUT2D eigenvalue weighted by atomic mass is 9.81. The Morgan fingerprint density at radius 3 is 2.84 bits per heavy atom. The van der Waals surface area contributed by atoms with E-state index in [2.05, 4.69) is 26.8 Å². The van der Waals surface area contributed by atoms with E-state index in [1.807, 2.05) is 11.0 Å². The van der Waals surface area contributed by atoms with E-state index in [0.717, 1.165) is 51.7 Å². The number of likely N-dealkylation sites (N-methyl/N-ethyl adjacent to an activating group) is 1. The lowest BCUT2D eigenvalue weighted by Crippen LogP contribution is -2.48. The number of piperazine rings is 1. The zero-order valence-electron chi connectivity index (χ0n) is 14.9. The van der Waals surface area contributed by atoms with Crippen LogP contribution >= 0.6 is 0 Å². The zero-order chi connectivity index (χ0) is 17.2. The van der Waals surface area contributed by atoms with Crippen molar-refractivity contribution in [2.24, 2.45) is 17.8 Å². The standard InChI is InChI=1S/C18H27N5O2/c1-21-4-6-22(7-5-21)18(24)8-14-11-25-12-15-9-23(10-16(14)15)17-2-3-19-13-20-17/h2-3,13-16H,4-12H2,1H3/t14-,15-,16+/m1/s1. The van der Waals surface area contributed by atoms with Crippen LogP contribution in [0, 0.1) is 17.8 Å². The summed E-state index contributed by atoms with van der Waals surface area (Å²) >= 11 is 0. The van der Waals surface area contributed by atoms with Gasteiger partial charge in [0.15, 0.2) is 0 Å². The highest BCUT2D eigenvalue weighted by Gasteiger charge is 2.42. The normalized spacial score (nSPS) is 30.4. The summed E-state index contributed by atoms with van der Waals surface area (Å²) in [5.41, 5.74) is 0. The third-order valence-corrected chi connectivity index (χ3v) is 5.94. The van der Waals surface area contributed by atoms with Crippen molar-refractivity contribution in [3.63, 3.8) is 0 Å². The van der Waals surface area contributed by atoms with E-state index in [9.17, 15) is 4.79 Å². The van der Waals surface area contributed by atoms with Gasteiger partial charge in [-0.15, -0.1) is 0 Å². The van der Waals surface area contributed by atoms with E-state index in [0.29, 0.717) is 36.7 Å². The fourth-order valence-electron chi connectivity index (χ4n) is 4.38. The number of nitrogens with zero attached hydrogens (tertiary/aromatic N) is 5. The van der Waals surface area contributed by atoms with E-state index in [-0.39, 0.29) is 0 Å². The molecular weight excluding hydrogens is 318 g/mol. The van der Waals surface area contributed by atoms with Gasteiger partial charge in [-0.05, 0) is 24.9 Å². The second kappa shape index (κ2) is 7.25. The van der Waals surface area contributed by atoms with Crippen molar-refractivity contribution < 1.29 is 9.53 Å². The summed E-state index contributed by atoms with van der Waals surface area (Å²) in [5.74, 6) is 2.60. The van der Waals surface area contributed by atoms with E-state index < -0.39 is 0 Å². The summed E-state index contributed by atoms with van der Waals surface area (Å²) in [6, 6.07) is 1.96. The molecule has 0 N–H and O–H groups in total. The Hall–Kier alpha value is -1.73. The van der Waals surface area contributed by atoms with Gasteiger partial charge in [0.1, 0.15) is 12.1 Å². The van der Waals surface area contributed by atoms with Crippen molar-refractivity contribution in [1.29, 1.82) is 0 Å². The fourth-order valence-corrected chi connectivity index (χ4v) is 4.38. The molecule has 25 heavy (non-hydrogen) atoms. The van der Waals surface area contributed by atoms with Gasteiger partial charge in [0, 0.05) is 57.8 Å². The highest BCUT2D eigenvalue weighted by Crippen LogP contribution is 2.37.